The summed E-state index contributed by atoms with van der Waals surface area (Å²) in [6.45, 7) is 1.92. The molecule has 4 heterocycles. The molecule has 5 aromatic rings. The van der Waals surface area contributed by atoms with Crippen LogP contribution in [0.2, 0.25) is 5.02 Å². The van der Waals surface area contributed by atoms with Crippen LogP contribution in [-0.4, -0.2) is 20.0 Å². The van der Waals surface area contributed by atoms with Crippen molar-refractivity contribution in [2.75, 3.05) is 0 Å². The van der Waals surface area contributed by atoms with E-state index in [1.807, 2.05) is 71.7 Å². The van der Waals surface area contributed by atoms with Gasteiger partial charge in [-0.3, -0.25) is 5.10 Å². The van der Waals surface area contributed by atoms with Gasteiger partial charge in [-0.05, 0) is 60.8 Å². The van der Waals surface area contributed by atoms with Gasteiger partial charge in [-0.2, -0.15) is 10.2 Å². The van der Waals surface area contributed by atoms with Crippen molar-refractivity contribution < 1.29 is 4.42 Å². The van der Waals surface area contributed by atoms with E-state index in [0.29, 0.717) is 5.02 Å². The summed E-state index contributed by atoms with van der Waals surface area (Å²) in [5.74, 6) is 1.62. The fourth-order valence-corrected chi connectivity index (χ4v) is 3.90. The highest BCUT2D eigenvalue weighted by molar-refractivity contribution is 7.13. The molecule has 0 saturated carbocycles. The van der Waals surface area contributed by atoms with E-state index in [2.05, 4.69) is 16.3 Å². The highest BCUT2D eigenvalue weighted by Crippen LogP contribution is 2.35. The third kappa shape index (κ3) is 3.06. The van der Waals surface area contributed by atoms with Gasteiger partial charge in [0.05, 0.1) is 16.3 Å². The molecule has 0 bridgehead atoms. The van der Waals surface area contributed by atoms with Crippen molar-refractivity contribution in [3.8, 4) is 39.0 Å². The van der Waals surface area contributed by atoms with Crippen molar-refractivity contribution in [1.82, 2.24) is 20.0 Å². The van der Waals surface area contributed by atoms with E-state index in [4.69, 9.17) is 21.1 Å². The van der Waals surface area contributed by atoms with Gasteiger partial charge < -0.3 is 4.42 Å². The van der Waals surface area contributed by atoms with Crippen LogP contribution in [0.1, 0.15) is 5.76 Å². The number of hydrogen-bond donors (Lipinski definition) is 1. The van der Waals surface area contributed by atoms with E-state index in [9.17, 15) is 0 Å². The Balaban J connectivity index is 1.62. The minimum Gasteiger partial charge on any atom is -0.460 e. The first-order valence-electron chi connectivity index (χ1n) is 8.69. The van der Waals surface area contributed by atoms with Gasteiger partial charge in [0.25, 0.3) is 0 Å². The summed E-state index contributed by atoms with van der Waals surface area (Å²) in [5.41, 5.74) is 4.42. The highest BCUT2D eigenvalue weighted by Gasteiger charge is 2.18. The second-order valence-corrected chi connectivity index (χ2v) is 7.75. The average molecular weight is 407 g/mol. The maximum Gasteiger partial charge on any atom is 0.152 e. The lowest BCUT2D eigenvalue weighted by Crippen LogP contribution is -1.93. The summed E-state index contributed by atoms with van der Waals surface area (Å²) >= 11 is 7.67. The number of nitrogens with one attached hydrogen (secondary N) is 1. The largest absolute Gasteiger partial charge is 0.460 e. The predicted molar refractivity (Wildman–Crippen MR) is 112 cm³/mol. The van der Waals surface area contributed by atoms with E-state index < -0.39 is 0 Å². The lowest BCUT2D eigenvalue weighted by Gasteiger charge is -2.00. The van der Waals surface area contributed by atoms with Crippen LogP contribution in [0.25, 0.3) is 39.0 Å². The molecule has 0 spiro atoms. The number of H-pyrrole nitrogens is 1. The third-order valence-electron chi connectivity index (χ3n) is 4.42. The molecule has 1 aromatic carbocycles. The number of nitrogens with zero attached hydrogens (tertiary/aromatic N) is 3. The molecular weight excluding hydrogens is 392 g/mol. The SMILES string of the molecule is Cc1ccc(-c2cc(-c3cn(-c4ccc(Cl)cc4)nc3-c3cccs3)n[nH]2)o1. The Bertz CT molecular complexity index is 1230. The first kappa shape index (κ1) is 17.0. The third-order valence-corrected chi connectivity index (χ3v) is 5.55. The molecule has 7 heteroatoms. The topological polar surface area (TPSA) is 59.6 Å². The van der Waals surface area contributed by atoms with Gasteiger partial charge in [-0.1, -0.05) is 17.7 Å². The molecule has 0 radical (unpaired) electrons. The molecule has 1 N–H and O–H groups in total. The number of halogens is 1. The number of aromatic nitrogens is 4. The van der Waals surface area contributed by atoms with Crippen molar-refractivity contribution in [1.29, 1.82) is 0 Å². The first-order chi connectivity index (χ1) is 13.7. The molecule has 0 unspecified atom stereocenters. The Morgan fingerprint density at radius 3 is 2.68 bits per heavy atom. The molecule has 0 fully saturated rings. The van der Waals surface area contributed by atoms with Gasteiger partial charge in [0.15, 0.2) is 5.76 Å². The maximum atomic E-state index is 6.02. The lowest BCUT2D eigenvalue weighted by atomic mass is 10.1. The average Bonchev–Trinajstić information content (AvgIpc) is 3.47. The molecule has 0 aliphatic heterocycles. The van der Waals surface area contributed by atoms with E-state index in [0.717, 1.165) is 44.7 Å². The van der Waals surface area contributed by atoms with Crippen LogP contribution in [0.15, 0.2) is 70.6 Å². The molecule has 28 heavy (non-hydrogen) atoms. The smallest absolute Gasteiger partial charge is 0.152 e. The summed E-state index contributed by atoms with van der Waals surface area (Å²) in [7, 11) is 0. The van der Waals surface area contributed by atoms with Crippen molar-refractivity contribution in [2.24, 2.45) is 0 Å². The van der Waals surface area contributed by atoms with E-state index in [1.54, 1.807) is 11.3 Å². The van der Waals surface area contributed by atoms with Crippen LogP contribution in [-0.2, 0) is 0 Å². The minimum atomic E-state index is 0.695. The van der Waals surface area contributed by atoms with E-state index in [-0.39, 0.29) is 0 Å². The van der Waals surface area contributed by atoms with Gasteiger partial charge in [-0.25, -0.2) is 4.68 Å². The second kappa shape index (κ2) is 6.82. The van der Waals surface area contributed by atoms with E-state index >= 15 is 0 Å². The van der Waals surface area contributed by atoms with Crippen LogP contribution in [0.4, 0.5) is 0 Å². The molecule has 0 atom stereocenters. The Kier molecular flexibility index (Phi) is 4.15. The summed E-state index contributed by atoms with van der Waals surface area (Å²) < 4.78 is 7.56. The van der Waals surface area contributed by atoms with Crippen LogP contribution in [0, 0.1) is 6.92 Å². The second-order valence-electron chi connectivity index (χ2n) is 6.37. The number of hydrogen-bond acceptors (Lipinski definition) is 4. The zero-order chi connectivity index (χ0) is 19.1. The van der Waals surface area contributed by atoms with Gasteiger partial charge in [0.2, 0.25) is 0 Å². The number of aromatic amines is 1. The fraction of sp³-hybridized carbons (Fsp3) is 0.0476. The number of thiophene rings is 1. The van der Waals surface area contributed by atoms with Gasteiger partial charge in [-0.15, -0.1) is 11.3 Å². The molecule has 0 aliphatic rings. The molecule has 5 rings (SSSR count). The Morgan fingerprint density at radius 1 is 1.11 bits per heavy atom. The Labute approximate surface area is 170 Å². The first-order valence-corrected chi connectivity index (χ1v) is 9.95. The van der Waals surface area contributed by atoms with Gasteiger partial charge >= 0.3 is 0 Å². The molecule has 0 saturated heterocycles. The molecule has 0 amide bonds. The van der Waals surface area contributed by atoms with Gasteiger partial charge in [0.1, 0.15) is 17.1 Å². The molecule has 0 aliphatic carbocycles. The molecule has 4 aromatic heterocycles. The van der Waals surface area contributed by atoms with Crippen LogP contribution >= 0.6 is 22.9 Å². The van der Waals surface area contributed by atoms with Crippen LogP contribution < -0.4 is 0 Å². The summed E-state index contributed by atoms with van der Waals surface area (Å²) in [4.78, 5) is 1.08. The summed E-state index contributed by atoms with van der Waals surface area (Å²) in [5, 5.41) is 15.1. The normalized spacial score (nSPS) is 11.2. The summed E-state index contributed by atoms with van der Waals surface area (Å²) in [6.07, 6.45) is 1.99. The number of furan rings is 1. The highest BCUT2D eigenvalue weighted by atomic mass is 35.5. The van der Waals surface area contributed by atoms with Gasteiger partial charge in [0, 0.05) is 16.8 Å². The molecule has 5 nitrogen and oxygen atoms in total. The summed E-state index contributed by atoms with van der Waals surface area (Å²) in [6, 6.07) is 17.5. The minimum absolute atomic E-state index is 0.695. The molecule has 138 valence electrons. The standard InChI is InChI=1S/C21H15ClN4OS/c1-13-4-9-19(27-13)18-11-17(23-24-18)16-12-26(15-7-5-14(22)6-8-15)25-21(16)20-3-2-10-28-20/h2-12H,1H3,(H,23,24). The van der Waals surface area contributed by atoms with E-state index in [1.165, 1.54) is 0 Å². The number of benzene rings is 1. The van der Waals surface area contributed by atoms with Crippen molar-refractivity contribution in [2.45, 2.75) is 6.92 Å². The molecular formula is C21H15ClN4OS. The van der Waals surface area contributed by atoms with Crippen molar-refractivity contribution >= 4 is 22.9 Å². The van der Waals surface area contributed by atoms with Crippen LogP contribution in [0.3, 0.4) is 0 Å². The lowest BCUT2D eigenvalue weighted by molar-refractivity contribution is 0.546. The Morgan fingerprint density at radius 2 is 1.96 bits per heavy atom. The zero-order valence-electron chi connectivity index (χ0n) is 14.9. The monoisotopic (exact) mass is 406 g/mol. The predicted octanol–water partition coefficient (Wildman–Crippen LogP) is 6.21. The van der Waals surface area contributed by atoms with Crippen molar-refractivity contribution in [3.05, 3.63) is 77.0 Å². The zero-order valence-corrected chi connectivity index (χ0v) is 16.5. The quantitative estimate of drug-likeness (QED) is 0.385. The Hall–Kier alpha value is -3.09. The number of rotatable bonds is 4. The van der Waals surface area contributed by atoms with Crippen LogP contribution in [0.5, 0.6) is 0 Å². The maximum absolute atomic E-state index is 6.02. The number of aryl methyl sites for hydroxylation is 1. The van der Waals surface area contributed by atoms with Crippen molar-refractivity contribution in [3.63, 3.8) is 0 Å². The fourth-order valence-electron chi connectivity index (χ4n) is 3.05.